The average molecular weight is 396 g/mol. The fourth-order valence-corrected chi connectivity index (χ4v) is 2.96. The minimum absolute atomic E-state index is 0.0824. The molecule has 1 fully saturated rings. The van der Waals surface area contributed by atoms with Gasteiger partial charge in [-0.15, -0.1) is 0 Å². The topological polar surface area (TPSA) is 101 Å². The zero-order valence-corrected chi connectivity index (χ0v) is 16.3. The van der Waals surface area contributed by atoms with Crippen LogP contribution in [0.15, 0.2) is 42.6 Å². The first-order valence-electron chi connectivity index (χ1n) is 9.49. The number of nitrogens with one attached hydrogen (secondary N) is 2. The molecule has 1 aromatic heterocycles. The van der Waals surface area contributed by atoms with Crippen molar-refractivity contribution in [3.8, 4) is 0 Å². The van der Waals surface area contributed by atoms with Crippen molar-refractivity contribution < 1.29 is 19.1 Å². The summed E-state index contributed by atoms with van der Waals surface area (Å²) in [6.07, 6.45) is 1.43. The van der Waals surface area contributed by atoms with E-state index in [-0.39, 0.29) is 23.3 Å². The molecule has 0 unspecified atom stereocenters. The predicted molar refractivity (Wildman–Crippen MR) is 108 cm³/mol. The van der Waals surface area contributed by atoms with E-state index in [1.165, 1.54) is 25.3 Å². The van der Waals surface area contributed by atoms with E-state index in [1.54, 1.807) is 24.3 Å². The molecule has 2 N–H and O–H groups in total. The second kappa shape index (κ2) is 9.90. The third-order valence-corrected chi connectivity index (χ3v) is 4.60. The third kappa shape index (κ3) is 5.94. The number of carbonyl (C=O) groups is 3. The molecule has 1 aliphatic rings. The Bertz CT molecular complexity index is 894. The number of pyridine rings is 1. The molecule has 0 spiro atoms. The summed E-state index contributed by atoms with van der Waals surface area (Å²) in [5.41, 5.74) is 1.51. The minimum atomic E-state index is -0.379. The summed E-state index contributed by atoms with van der Waals surface area (Å²) < 4.78 is 5.30. The number of ether oxygens (including phenoxy) is 1. The molecule has 2 heterocycles. The third-order valence-electron chi connectivity index (χ3n) is 4.60. The number of amides is 2. The number of carbonyl (C=O) groups excluding carboxylic acids is 3. The molecule has 1 aliphatic heterocycles. The van der Waals surface area contributed by atoms with Gasteiger partial charge in [0.1, 0.15) is 5.69 Å². The maximum absolute atomic E-state index is 12.5. The van der Waals surface area contributed by atoms with Crippen LogP contribution in [0, 0.1) is 0 Å². The van der Waals surface area contributed by atoms with E-state index in [1.807, 2.05) is 0 Å². The normalized spacial score (nSPS) is 14.2. The number of aromatic nitrogens is 1. The number of rotatable bonds is 7. The number of hydrogen-bond acceptors (Lipinski definition) is 6. The minimum Gasteiger partial charge on any atom is -0.379 e. The van der Waals surface area contributed by atoms with Crippen LogP contribution in [0.4, 0.5) is 5.69 Å². The maximum atomic E-state index is 12.5. The van der Waals surface area contributed by atoms with Crippen molar-refractivity contribution in [1.82, 2.24) is 15.2 Å². The number of ketones is 1. The van der Waals surface area contributed by atoms with E-state index in [0.717, 1.165) is 19.6 Å². The van der Waals surface area contributed by atoms with E-state index < -0.39 is 0 Å². The van der Waals surface area contributed by atoms with Crippen LogP contribution in [0.2, 0.25) is 0 Å². The molecule has 3 rings (SSSR count). The van der Waals surface area contributed by atoms with Gasteiger partial charge in [0, 0.05) is 49.2 Å². The molecule has 1 aromatic carbocycles. The molecule has 0 radical (unpaired) electrons. The highest BCUT2D eigenvalue weighted by molar-refractivity contribution is 6.06. The van der Waals surface area contributed by atoms with Crippen LogP contribution in [0.25, 0.3) is 0 Å². The Morgan fingerprint density at radius 2 is 1.86 bits per heavy atom. The number of Topliss-reactive ketones (excluding diaryl/α,β-unsaturated/α-hetero) is 1. The Morgan fingerprint density at radius 3 is 2.62 bits per heavy atom. The molecule has 0 saturated carbocycles. The van der Waals surface area contributed by atoms with Crippen molar-refractivity contribution in [2.24, 2.45) is 0 Å². The van der Waals surface area contributed by atoms with E-state index in [0.29, 0.717) is 36.6 Å². The molecule has 2 aromatic rings. The fraction of sp³-hybridized carbons (Fsp3) is 0.333. The highest BCUT2D eigenvalue weighted by Crippen LogP contribution is 2.13. The number of nitrogens with zero attached hydrogens (tertiary/aromatic N) is 2. The molecule has 152 valence electrons. The summed E-state index contributed by atoms with van der Waals surface area (Å²) in [5.74, 6) is -0.789. The summed E-state index contributed by atoms with van der Waals surface area (Å²) in [6.45, 7) is 5.83. The summed E-state index contributed by atoms with van der Waals surface area (Å²) in [6, 6.07) is 9.68. The molecule has 1 saturated heterocycles. The first-order valence-corrected chi connectivity index (χ1v) is 9.49. The van der Waals surface area contributed by atoms with Crippen molar-refractivity contribution in [3.63, 3.8) is 0 Å². The van der Waals surface area contributed by atoms with Gasteiger partial charge in [0.2, 0.25) is 0 Å². The van der Waals surface area contributed by atoms with Gasteiger partial charge in [-0.1, -0.05) is 12.1 Å². The second-order valence-electron chi connectivity index (χ2n) is 6.73. The smallest absolute Gasteiger partial charge is 0.269 e. The zero-order chi connectivity index (χ0) is 20.6. The van der Waals surface area contributed by atoms with Gasteiger partial charge < -0.3 is 15.4 Å². The van der Waals surface area contributed by atoms with Crippen LogP contribution >= 0.6 is 0 Å². The predicted octanol–water partition coefficient (Wildman–Crippen LogP) is 1.60. The highest BCUT2D eigenvalue weighted by Gasteiger charge is 2.14. The molecule has 0 atom stereocenters. The molecular weight excluding hydrogens is 372 g/mol. The lowest BCUT2D eigenvalue weighted by atomic mass is 10.1. The van der Waals surface area contributed by atoms with Crippen molar-refractivity contribution in [3.05, 3.63) is 59.4 Å². The van der Waals surface area contributed by atoms with Gasteiger partial charge in [-0.25, -0.2) is 0 Å². The molecular formula is C21H24N4O4. The van der Waals surface area contributed by atoms with E-state index in [2.05, 4.69) is 20.5 Å². The Balaban J connectivity index is 1.57. The first kappa shape index (κ1) is 20.6. The molecule has 0 bridgehead atoms. The van der Waals surface area contributed by atoms with Crippen molar-refractivity contribution in [1.29, 1.82) is 0 Å². The SMILES string of the molecule is CC(=O)c1cccc(NC(=O)c2ccnc(C(=O)NCCN3CCOCC3)c2)c1. The van der Waals surface area contributed by atoms with Gasteiger partial charge in [0.15, 0.2) is 5.78 Å². The largest absolute Gasteiger partial charge is 0.379 e. The lowest BCUT2D eigenvalue weighted by Gasteiger charge is -2.26. The van der Waals surface area contributed by atoms with Gasteiger partial charge in [0.25, 0.3) is 11.8 Å². The summed E-state index contributed by atoms with van der Waals surface area (Å²) in [7, 11) is 0. The highest BCUT2D eigenvalue weighted by atomic mass is 16.5. The monoisotopic (exact) mass is 396 g/mol. The van der Waals surface area contributed by atoms with Crippen LogP contribution < -0.4 is 10.6 Å². The van der Waals surface area contributed by atoms with Crippen LogP contribution in [0.3, 0.4) is 0 Å². The lowest BCUT2D eigenvalue weighted by molar-refractivity contribution is 0.0383. The molecule has 0 aliphatic carbocycles. The first-order chi connectivity index (χ1) is 14.0. The molecule has 2 amide bonds. The average Bonchev–Trinajstić information content (AvgIpc) is 2.74. The van der Waals surface area contributed by atoms with Gasteiger partial charge in [-0.2, -0.15) is 0 Å². The van der Waals surface area contributed by atoms with Crippen LogP contribution in [0.1, 0.15) is 38.1 Å². The number of benzene rings is 1. The van der Waals surface area contributed by atoms with E-state index in [9.17, 15) is 14.4 Å². The second-order valence-corrected chi connectivity index (χ2v) is 6.73. The number of hydrogen-bond donors (Lipinski definition) is 2. The summed E-state index contributed by atoms with van der Waals surface area (Å²) >= 11 is 0. The number of anilines is 1. The van der Waals surface area contributed by atoms with Crippen LogP contribution in [-0.2, 0) is 4.74 Å². The quantitative estimate of drug-likeness (QED) is 0.690. The van der Waals surface area contributed by atoms with E-state index in [4.69, 9.17) is 4.74 Å². The van der Waals surface area contributed by atoms with Crippen molar-refractivity contribution in [2.45, 2.75) is 6.92 Å². The maximum Gasteiger partial charge on any atom is 0.269 e. The van der Waals surface area contributed by atoms with Gasteiger partial charge in [-0.3, -0.25) is 24.3 Å². The van der Waals surface area contributed by atoms with Gasteiger partial charge in [-0.05, 0) is 31.2 Å². The van der Waals surface area contributed by atoms with Crippen LogP contribution in [-0.4, -0.2) is 66.9 Å². The Morgan fingerprint density at radius 1 is 1.07 bits per heavy atom. The molecule has 8 nitrogen and oxygen atoms in total. The van der Waals surface area contributed by atoms with Crippen molar-refractivity contribution in [2.75, 3.05) is 44.7 Å². The Hall–Kier alpha value is -3.10. The van der Waals surface area contributed by atoms with Crippen molar-refractivity contribution >= 4 is 23.3 Å². The summed E-state index contributed by atoms with van der Waals surface area (Å²) in [4.78, 5) is 42.6. The van der Waals surface area contributed by atoms with Crippen LogP contribution in [0.5, 0.6) is 0 Å². The van der Waals surface area contributed by atoms with Gasteiger partial charge in [0.05, 0.1) is 13.2 Å². The molecule has 8 heteroatoms. The summed E-state index contributed by atoms with van der Waals surface area (Å²) in [5, 5.41) is 5.57. The zero-order valence-electron chi connectivity index (χ0n) is 16.3. The Labute approximate surface area is 169 Å². The number of morpholine rings is 1. The Kier molecular flexibility index (Phi) is 7.04. The molecule has 29 heavy (non-hydrogen) atoms. The standard InChI is InChI=1S/C21H24N4O4/c1-15(26)16-3-2-4-18(13-16)24-20(27)17-5-6-22-19(14-17)21(28)23-7-8-25-9-11-29-12-10-25/h2-6,13-14H,7-12H2,1H3,(H,23,28)(H,24,27). The van der Waals surface area contributed by atoms with Gasteiger partial charge >= 0.3 is 0 Å². The fourth-order valence-electron chi connectivity index (χ4n) is 2.96. The van der Waals surface area contributed by atoms with E-state index >= 15 is 0 Å². The lowest BCUT2D eigenvalue weighted by Crippen LogP contribution is -2.41.